The molecule has 0 saturated heterocycles. The van der Waals surface area contributed by atoms with Crippen LogP contribution in [0.1, 0.15) is 30.9 Å². The summed E-state index contributed by atoms with van der Waals surface area (Å²) in [6.07, 6.45) is -2.88. The number of aryl methyl sites for hydroxylation is 1. The van der Waals surface area contributed by atoms with E-state index in [0.717, 1.165) is 18.6 Å². The molecule has 0 amide bonds. The monoisotopic (exact) mass is 268 g/mol. The van der Waals surface area contributed by atoms with Gasteiger partial charge in [-0.25, -0.2) is 4.39 Å². The van der Waals surface area contributed by atoms with Crippen molar-refractivity contribution in [2.75, 3.05) is 0 Å². The predicted molar refractivity (Wildman–Crippen MR) is 59.7 cm³/mol. The second kappa shape index (κ2) is 5.71. The lowest BCUT2D eigenvalue weighted by atomic mass is 10.0. The first-order valence-electron chi connectivity index (χ1n) is 5.34. The van der Waals surface area contributed by atoms with Gasteiger partial charge in [0.2, 0.25) is 0 Å². The van der Waals surface area contributed by atoms with Crippen molar-refractivity contribution >= 4 is 11.6 Å². The average molecular weight is 269 g/mol. The van der Waals surface area contributed by atoms with Gasteiger partial charge in [-0.3, -0.25) is 0 Å². The van der Waals surface area contributed by atoms with E-state index in [1.165, 1.54) is 6.07 Å². The zero-order valence-electron chi connectivity index (χ0n) is 9.32. The Morgan fingerprint density at radius 2 is 1.94 bits per heavy atom. The lowest BCUT2D eigenvalue weighted by molar-refractivity contribution is -0.140. The third-order valence-electron chi connectivity index (χ3n) is 2.53. The Morgan fingerprint density at radius 1 is 1.29 bits per heavy atom. The van der Waals surface area contributed by atoms with Gasteiger partial charge >= 0.3 is 6.18 Å². The van der Waals surface area contributed by atoms with Crippen LogP contribution in [-0.4, -0.2) is 5.38 Å². The van der Waals surface area contributed by atoms with E-state index in [1.807, 2.05) is 6.92 Å². The fourth-order valence-electron chi connectivity index (χ4n) is 1.47. The summed E-state index contributed by atoms with van der Waals surface area (Å²) in [5.74, 6) is -1.24. The molecule has 0 aliphatic heterocycles. The first kappa shape index (κ1) is 14.3. The zero-order valence-corrected chi connectivity index (χ0v) is 10.1. The van der Waals surface area contributed by atoms with Gasteiger partial charge in [-0.1, -0.05) is 13.0 Å². The summed E-state index contributed by atoms with van der Waals surface area (Å²) < 4.78 is 50.3. The van der Waals surface area contributed by atoms with Gasteiger partial charge in [0.25, 0.3) is 0 Å². The van der Waals surface area contributed by atoms with E-state index in [2.05, 4.69) is 0 Å². The molecule has 0 bridgehead atoms. The molecule has 0 fully saturated rings. The van der Waals surface area contributed by atoms with E-state index in [9.17, 15) is 17.6 Å². The van der Waals surface area contributed by atoms with Gasteiger partial charge in [0.05, 0.1) is 5.56 Å². The first-order chi connectivity index (χ1) is 7.84. The smallest absolute Gasteiger partial charge is 0.206 e. The molecular formula is C12H13ClF4. The minimum Gasteiger partial charge on any atom is -0.206 e. The SMILES string of the molecule is CCC(Cl)CCc1ccc(F)c(C(F)(F)F)c1. The molecule has 0 radical (unpaired) electrons. The van der Waals surface area contributed by atoms with Crippen LogP contribution in [0.4, 0.5) is 17.6 Å². The number of hydrogen-bond donors (Lipinski definition) is 0. The van der Waals surface area contributed by atoms with E-state index in [0.29, 0.717) is 18.4 Å². The van der Waals surface area contributed by atoms with Crippen LogP contribution in [-0.2, 0) is 12.6 Å². The van der Waals surface area contributed by atoms with Crippen LogP contribution < -0.4 is 0 Å². The Kier molecular flexibility index (Phi) is 4.80. The fourth-order valence-corrected chi connectivity index (χ4v) is 1.58. The third kappa shape index (κ3) is 4.19. The molecule has 1 unspecified atom stereocenters. The number of hydrogen-bond acceptors (Lipinski definition) is 0. The van der Waals surface area contributed by atoms with Crippen LogP contribution in [0.3, 0.4) is 0 Å². The van der Waals surface area contributed by atoms with Gasteiger partial charge in [0.1, 0.15) is 5.82 Å². The summed E-state index contributed by atoms with van der Waals surface area (Å²) in [7, 11) is 0. The minimum atomic E-state index is -4.65. The lowest BCUT2D eigenvalue weighted by Gasteiger charge is -2.11. The zero-order chi connectivity index (χ0) is 13.1. The first-order valence-corrected chi connectivity index (χ1v) is 5.78. The maximum absolute atomic E-state index is 13.0. The Labute approximate surface area is 103 Å². The molecule has 17 heavy (non-hydrogen) atoms. The highest BCUT2D eigenvalue weighted by Crippen LogP contribution is 2.32. The van der Waals surface area contributed by atoms with Gasteiger partial charge in [-0.15, -0.1) is 11.6 Å². The van der Waals surface area contributed by atoms with Gasteiger partial charge < -0.3 is 0 Å². The second-order valence-corrected chi connectivity index (χ2v) is 4.47. The normalized spacial score (nSPS) is 13.8. The molecule has 1 aromatic rings. The van der Waals surface area contributed by atoms with Crippen molar-refractivity contribution in [3.63, 3.8) is 0 Å². The summed E-state index contributed by atoms with van der Waals surface area (Å²) in [6.45, 7) is 1.91. The Morgan fingerprint density at radius 3 is 2.47 bits per heavy atom. The second-order valence-electron chi connectivity index (χ2n) is 3.86. The molecule has 0 N–H and O–H groups in total. The predicted octanol–water partition coefficient (Wildman–Crippen LogP) is 4.79. The van der Waals surface area contributed by atoms with E-state index in [-0.39, 0.29) is 5.38 Å². The Hall–Kier alpha value is -0.770. The van der Waals surface area contributed by atoms with Gasteiger partial charge in [0.15, 0.2) is 0 Å². The molecule has 1 rings (SSSR count). The quantitative estimate of drug-likeness (QED) is 0.544. The van der Waals surface area contributed by atoms with Crippen molar-refractivity contribution < 1.29 is 17.6 Å². The van der Waals surface area contributed by atoms with Crippen LogP contribution in [0.2, 0.25) is 0 Å². The number of rotatable bonds is 4. The van der Waals surface area contributed by atoms with E-state index in [1.54, 1.807) is 0 Å². The van der Waals surface area contributed by atoms with Crippen molar-refractivity contribution in [1.29, 1.82) is 0 Å². The molecule has 5 heteroatoms. The molecule has 0 aliphatic carbocycles. The van der Waals surface area contributed by atoms with Crippen LogP contribution in [0, 0.1) is 5.82 Å². The molecule has 0 aromatic heterocycles. The number of halogens is 5. The standard InChI is InChI=1S/C12H13ClF4/c1-2-9(13)5-3-8-4-6-11(14)10(7-8)12(15,16)17/h4,6-7,9H,2-3,5H2,1H3. The van der Waals surface area contributed by atoms with Crippen molar-refractivity contribution in [1.82, 2.24) is 0 Å². The summed E-state index contributed by atoms with van der Waals surface area (Å²) in [5, 5.41) is -0.0608. The molecule has 0 nitrogen and oxygen atoms in total. The Balaban J connectivity index is 2.82. The van der Waals surface area contributed by atoms with Gasteiger partial charge in [-0.2, -0.15) is 13.2 Å². The molecule has 0 aliphatic rings. The van der Waals surface area contributed by atoms with Gasteiger partial charge in [0, 0.05) is 5.38 Å². The fraction of sp³-hybridized carbons (Fsp3) is 0.500. The highest BCUT2D eigenvalue weighted by atomic mass is 35.5. The Bertz CT molecular complexity index is 373. The van der Waals surface area contributed by atoms with Crippen LogP contribution in [0.15, 0.2) is 18.2 Å². The van der Waals surface area contributed by atoms with E-state index >= 15 is 0 Å². The molecular weight excluding hydrogens is 256 g/mol. The number of benzene rings is 1. The minimum absolute atomic E-state index is 0.0608. The van der Waals surface area contributed by atoms with Crippen molar-refractivity contribution in [2.24, 2.45) is 0 Å². The summed E-state index contributed by atoms with van der Waals surface area (Å²) in [4.78, 5) is 0. The number of alkyl halides is 4. The van der Waals surface area contributed by atoms with E-state index < -0.39 is 17.6 Å². The molecule has 1 atom stereocenters. The molecule has 1 aromatic carbocycles. The summed E-state index contributed by atoms with van der Waals surface area (Å²) in [6, 6.07) is 3.08. The van der Waals surface area contributed by atoms with Crippen LogP contribution in [0.5, 0.6) is 0 Å². The highest BCUT2D eigenvalue weighted by molar-refractivity contribution is 6.20. The van der Waals surface area contributed by atoms with E-state index in [4.69, 9.17) is 11.6 Å². The van der Waals surface area contributed by atoms with Gasteiger partial charge in [-0.05, 0) is 37.0 Å². The molecule has 0 spiro atoms. The van der Waals surface area contributed by atoms with Crippen LogP contribution in [0.25, 0.3) is 0 Å². The maximum Gasteiger partial charge on any atom is 0.419 e. The third-order valence-corrected chi connectivity index (χ3v) is 3.05. The van der Waals surface area contributed by atoms with Crippen LogP contribution >= 0.6 is 11.6 Å². The lowest BCUT2D eigenvalue weighted by Crippen LogP contribution is -2.09. The topological polar surface area (TPSA) is 0 Å². The molecule has 96 valence electrons. The highest BCUT2D eigenvalue weighted by Gasteiger charge is 2.34. The van der Waals surface area contributed by atoms with Crippen molar-refractivity contribution in [2.45, 2.75) is 37.7 Å². The van der Waals surface area contributed by atoms with Crippen molar-refractivity contribution in [3.05, 3.63) is 35.1 Å². The average Bonchev–Trinajstić information content (AvgIpc) is 2.26. The van der Waals surface area contributed by atoms with Crippen molar-refractivity contribution in [3.8, 4) is 0 Å². The molecule has 0 saturated carbocycles. The molecule has 0 heterocycles. The summed E-state index contributed by atoms with van der Waals surface area (Å²) in [5.41, 5.74) is -0.754. The summed E-state index contributed by atoms with van der Waals surface area (Å²) >= 11 is 5.88. The largest absolute Gasteiger partial charge is 0.419 e. The maximum atomic E-state index is 13.0.